The molecule has 1 atom stereocenters. The van der Waals surface area contributed by atoms with Crippen LogP contribution in [-0.4, -0.2) is 22.6 Å². The molecular formula is C20H26N2O3. The summed E-state index contributed by atoms with van der Waals surface area (Å²) in [5.74, 6) is 1.32. The van der Waals surface area contributed by atoms with E-state index in [2.05, 4.69) is 22.2 Å². The number of aryl methyl sites for hydroxylation is 4. The van der Waals surface area contributed by atoms with Crippen LogP contribution < -0.4 is 4.74 Å². The average Bonchev–Trinajstić information content (AvgIpc) is 3.09. The van der Waals surface area contributed by atoms with E-state index in [9.17, 15) is 4.79 Å². The first-order chi connectivity index (χ1) is 11.9. The maximum absolute atomic E-state index is 11.3. The van der Waals surface area contributed by atoms with E-state index in [1.165, 1.54) is 24.5 Å². The van der Waals surface area contributed by atoms with Gasteiger partial charge in [-0.05, 0) is 63.8 Å². The predicted octanol–water partition coefficient (Wildman–Crippen LogP) is 4.17. The van der Waals surface area contributed by atoms with Crippen molar-refractivity contribution in [2.45, 2.75) is 60.0 Å². The van der Waals surface area contributed by atoms with Crippen LogP contribution >= 0.6 is 0 Å². The summed E-state index contributed by atoms with van der Waals surface area (Å²) >= 11 is 0. The Morgan fingerprint density at radius 3 is 2.52 bits per heavy atom. The quantitative estimate of drug-likeness (QED) is 0.616. The van der Waals surface area contributed by atoms with Gasteiger partial charge in [-0.2, -0.15) is 0 Å². The van der Waals surface area contributed by atoms with Gasteiger partial charge in [0.2, 0.25) is 0 Å². The smallest absolute Gasteiger partial charge is 0.308 e. The summed E-state index contributed by atoms with van der Waals surface area (Å²) in [6, 6.07) is 4.60. The monoisotopic (exact) mass is 342 g/mol. The normalized spacial score (nSPS) is 17.9. The molecule has 1 fully saturated rings. The number of carbonyl (C=O) groups excluding carboxylic acids is 1. The minimum absolute atomic E-state index is 0.281. The molecule has 3 rings (SSSR count). The number of likely N-dealkylation sites (tertiary alicyclic amines) is 1. The highest BCUT2D eigenvalue weighted by atomic mass is 16.5. The van der Waals surface area contributed by atoms with Crippen LogP contribution in [0, 0.1) is 27.7 Å². The summed E-state index contributed by atoms with van der Waals surface area (Å²) in [6.45, 7) is 11.4. The Kier molecular flexibility index (Phi) is 4.95. The summed E-state index contributed by atoms with van der Waals surface area (Å²) in [7, 11) is 0. The molecule has 1 aromatic carbocycles. The number of ether oxygens (including phenoxy) is 1. The van der Waals surface area contributed by atoms with Crippen LogP contribution in [0.4, 0.5) is 0 Å². The Bertz CT molecular complexity index is 752. The number of rotatable bonds is 4. The van der Waals surface area contributed by atoms with Crippen molar-refractivity contribution in [2.24, 2.45) is 0 Å². The van der Waals surface area contributed by atoms with Crippen molar-refractivity contribution < 1.29 is 14.1 Å². The van der Waals surface area contributed by atoms with Gasteiger partial charge in [0.1, 0.15) is 11.5 Å². The highest BCUT2D eigenvalue weighted by Crippen LogP contribution is 2.37. The van der Waals surface area contributed by atoms with Gasteiger partial charge in [0.25, 0.3) is 0 Å². The first-order valence-corrected chi connectivity index (χ1v) is 8.82. The van der Waals surface area contributed by atoms with E-state index in [4.69, 9.17) is 9.26 Å². The van der Waals surface area contributed by atoms with E-state index < -0.39 is 0 Å². The van der Waals surface area contributed by atoms with Gasteiger partial charge in [-0.25, -0.2) is 0 Å². The van der Waals surface area contributed by atoms with Crippen LogP contribution in [0.25, 0.3) is 0 Å². The molecule has 5 nitrogen and oxygen atoms in total. The minimum Gasteiger partial charge on any atom is -0.426 e. The maximum Gasteiger partial charge on any atom is 0.308 e. The molecule has 25 heavy (non-hydrogen) atoms. The summed E-state index contributed by atoms with van der Waals surface area (Å²) in [5.41, 5.74) is 5.47. The van der Waals surface area contributed by atoms with Crippen LogP contribution in [0.5, 0.6) is 5.75 Å². The van der Waals surface area contributed by atoms with Gasteiger partial charge in [0, 0.05) is 25.1 Å². The fraction of sp³-hybridized carbons (Fsp3) is 0.500. The molecule has 2 aromatic rings. The van der Waals surface area contributed by atoms with E-state index in [0.717, 1.165) is 42.1 Å². The zero-order chi connectivity index (χ0) is 18.1. The molecule has 1 saturated heterocycles. The number of carbonyl (C=O) groups is 1. The van der Waals surface area contributed by atoms with Gasteiger partial charge in [0.15, 0.2) is 0 Å². The molecule has 0 N–H and O–H groups in total. The van der Waals surface area contributed by atoms with E-state index in [0.29, 0.717) is 11.8 Å². The van der Waals surface area contributed by atoms with E-state index in [1.807, 2.05) is 27.7 Å². The average molecular weight is 342 g/mol. The number of aromatic nitrogens is 1. The fourth-order valence-corrected chi connectivity index (χ4v) is 3.98. The second-order valence-corrected chi connectivity index (χ2v) is 7.02. The number of esters is 1. The zero-order valence-corrected chi connectivity index (χ0v) is 15.7. The number of benzene rings is 1. The highest BCUT2D eigenvalue weighted by molar-refractivity contribution is 5.70. The third-order valence-electron chi connectivity index (χ3n) is 4.94. The molecule has 1 aliphatic rings. The van der Waals surface area contributed by atoms with Gasteiger partial charge in [0.05, 0.1) is 5.69 Å². The summed E-state index contributed by atoms with van der Waals surface area (Å²) in [6.07, 6.45) is 2.31. The van der Waals surface area contributed by atoms with Crippen molar-refractivity contribution in [1.29, 1.82) is 0 Å². The molecule has 0 unspecified atom stereocenters. The SMILES string of the molecule is CC(=O)Oc1c(C)cc(CN2CCC[C@H]2c2c(C)noc2C)cc1C. The molecule has 0 amide bonds. The standard InChI is InChI=1S/C20H26N2O3/c1-12-9-17(10-13(2)20(12)24-16(5)23)11-22-8-6-7-18(22)19-14(3)21-25-15(19)4/h9-10,18H,6-8,11H2,1-5H3/t18-/m0/s1. The molecule has 0 saturated carbocycles. The third-order valence-corrected chi connectivity index (χ3v) is 4.94. The van der Waals surface area contributed by atoms with Crippen molar-refractivity contribution in [1.82, 2.24) is 10.1 Å². The van der Waals surface area contributed by atoms with Crippen molar-refractivity contribution in [3.05, 3.63) is 45.8 Å². The highest BCUT2D eigenvalue weighted by Gasteiger charge is 2.30. The molecule has 0 radical (unpaired) electrons. The van der Waals surface area contributed by atoms with Gasteiger partial charge in [-0.3, -0.25) is 9.69 Å². The summed E-state index contributed by atoms with van der Waals surface area (Å²) in [5, 5.41) is 4.12. The second kappa shape index (κ2) is 7.00. The Morgan fingerprint density at radius 1 is 1.28 bits per heavy atom. The lowest BCUT2D eigenvalue weighted by atomic mass is 10.0. The topological polar surface area (TPSA) is 55.6 Å². The fourth-order valence-electron chi connectivity index (χ4n) is 3.98. The number of nitrogens with zero attached hydrogens (tertiary/aromatic N) is 2. The molecule has 5 heteroatoms. The van der Waals surface area contributed by atoms with Crippen molar-refractivity contribution in [3.63, 3.8) is 0 Å². The first kappa shape index (κ1) is 17.7. The number of hydrogen-bond donors (Lipinski definition) is 0. The van der Waals surface area contributed by atoms with Crippen molar-refractivity contribution >= 4 is 5.97 Å². The minimum atomic E-state index is -0.281. The van der Waals surface area contributed by atoms with Crippen LogP contribution in [-0.2, 0) is 11.3 Å². The van der Waals surface area contributed by atoms with Gasteiger partial charge in [-0.1, -0.05) is 17.3 Å². The molecule has 1 aromatic heterocycles. The van der Waals surface area contributed by atoms with Gasteiger partial charge >= 0.3 is 5.97 Å². The molecule has 0 bridgehead atoms. The Balaban J connectivity index is 1.83. The van der Waals surface area contributed by atoms with Crippen LogP contribution in [0.15, 0.2) is 16.7 Å². The Labute approximate surface area is 148 Å². The van der Waals surface area contributed by atoms with Crippen LogP contribution in [0.2, 0.25) is 0 Å². The first-order valence-electron chi connectivity index (χ1n) is 8.82. The van der Waals surface area contributed by atoms with Gasteiger partial charge in [-0.15, -0.1) is 0 Å². The van der Waals surface area contributed by atoms with Crippen LogP contribution in [0.3, 0.4) is 0 Å². The van der Waals surface area contributed by atoms with E-state index >= 15 is 0 Å². The van der Waals surface area contributed by atoms with E-state index in [-0.39, 0.29) is 5.97 Å². The van der Waals surface area contributed by atoms with Crippen molar-refractivity contribution in [2.75, 3.05) is 6.54 Å². The maximum atomic E-state index is 11.3. The second-order valence-electron chi connectivity index (χ2n) is 7.02. The Morgan fingerprint density at radius 2 is 1.96 bits per heavy atom. The van der Waals surface area contributed by atoms with Crippen LogP contribution in [0.1, 0.15) is 59.5 Å². The Hall–Kier alpha value is -2.14. The molecule has 0 aliphatic carbocycles. The summed E-state index contributed by atoms with van der Waals surface area (Å²) in [4.78, 5) is 13.8. The lowest BCUT2D eigenvalue weighted by Crippen LogP contribution is -2.23. The zero-order valence-electron chi connectivity index (χ0n) is 15.7. The van der Waals surface area contributed by atoms with E-state index in [1.54, 1.807) is 0 Å². The summed E-state index contributed by atoms with van der Waals surface area (Å²) < 4.78 is 10.7. The largest absolute Gasteiger partial charge is 0.426 e. The van der Waals surface area contributed by atoms with Gasteiger partial charge < -0.3 is 9.26 Å². The lowest BCUT2D eigenvalue weighted by Gasteiger charge is -2.25. The third kappa shape index (κ3) is 3.61. The molecular weight excluding hydrogens is 316 g/mol. The number of hydrogen-bond acceptors (Lipinski definition) is 5. The predicted molar refractivity (Wildman–Crippen MR) is 95.6 cm³/mol. The van der Waals surface area contributed by atoms with Crippen molar-refractivity contribution in [3.8, 4) is 5.75 Å². The molecule has 0 spiro atoms. The molecule has 1 aliphatic heterocycles. The lowest BCUT2D eigenvalue weighted by molar-refractivity contribution is -0.131. The molecule has 2 heterocycles. The molecule has 134 valence electrons.